The van der Waals surface area contributed by atoms with E-state index in [0.29, 0.717) is 11.1 Å². The molecule has 94 valence electrons. The first-order valence-electron chi connectivity index (χ1n) is 4.79. The van der Waals surface area contributed by atoms with Gasteiger partial charge in [0, 0.05) is 5.56 Å². The zero-order chi connectivity index (χ0) is 13.2. The highest BCUT2D eigenvalue weighted by Gasteiger charge is 2.24. The molecule has 2 N–H and O–H groups in total. The Morgan fingerprint density at radius 2 is 1.94 bits per heavy atom. The number of hydrogen-bond acceptors (Lipinski definition) is 3. The number of rotatable bonds is 4. The number of hydrogen-bond donors (Lipinski definition) is 2. The molecule has 1 aromatic carbocycles. The molecular weight excluding hydrogens is 234 g/mol. The molecule has 0 aromatic heterocycles. The van der Waals surface area contributed by atoms with Gasteiger partial charge in [0.05, 0.1) is 0 Å². The van der Waals surface area contributed by atoms with Gasteiger partial charge >= 0.3 is 12.6 Å². The first-order valence-corrected chi connectivity index (χ1v) is 4.79. The van der Waals surface area contributed by atoms with Crippen LogP contribution in [0.3, 0.4) is 0 Å². The number of carbonyl (C=O) groups is 1. The molecule has 1 aromatic rings. The first-order chi connectivity index (χ1) is 7.82. The van der Waals surface area contributed by atoms with Crippen molar-refractivity contribution in [1.29, 1.82) is 0 Å². The van der Waals surface area contributed by atoms with Gasteiger partial charge in [-0.3, -0.25) is 0 Å². The third-order valence-corrected chi connectivity index (χ3v) is 2.22. The van der Waals surface area contributed by atoms with Crippen LogP contribution in [-0.2, 0) is 4.79 Å². The maximum atomic E-state index is 12.2. The van der Waals surface area contributed by atoms with Gasteiger partial charge in [0.15, 0.2) is 6.10 Å². The van der Waals surface area contributed by atoms with E-state index in [2.05, 4.69) is 4.74 Å². The lowest BCUT2D eigenvalue weighted by molar-refractivity contribution is -0.147. The number of aryl methyl sites for hydroxylation is 2. The Kier molecular flexibility index (Phi) is 4.01. The highest BCUT2D eigenvalue weighted by atomic mass is 19.3. The van der Waals surface area contributed by atoms with Gasteiger partial charge in [0.25, 0.3) is 0 Å². The standard InChI is InChI=1S/C11H12F2O4/c1-5-3-6(2)8(9(14)10(15)16)7(4-5)17-11(12)13/h3-4,9,11,14H,1-2H3,(H,15,16). The van der Waals surface area contributed by atoms with Crippen molar-refractivity contribution >= 4 is 5.97 Å². The molecule has 0 amide bonds. The fraction of sp³-hybridized carbons (Fsp3) is 0.364. The van der Waals surface area contributed by atoms with Crippen LogP contribution in [0.25, 0.3) is 0 Å². The summed E-state index contributed by atoms with van der Waals surface area (Å²) in [4.78, 5) is 10.7. The minimum atomic E-state index is -3.07. The molecule has 17 heavy (non-hydrogen) atoms. The van der Waals surface area contributed by atoms with Gasteiger partial charge in [-0.05, 0) is 31.0 Å². The van der Waals surface area contributed by atoms with Crippen LogP contribution < -0.4 is 4.74 Å². The number of alkyl halides is 2. The topological polar surface area (TPSA) is 66.8 Å². The van der Waals surface area contributed by atoms with Gasteiger partial charge in [-0.2, -0.15) is 8.78 Å². The van der Waals surface area contributed by atoms with Crippen LogP contribution >= 0.6 is 0 Å². The van der Waals surface area contributed by atoms with Gasteiger partial charge in [-0.1, -0.05) is 6.07 Å². The van der Waals surface area contributed by atoms with E-state index in [1.807, 2.05) is 0 Å². The van der Waals surface area contributed by atoms with Crippen LogP contribution in [0.15, 0.2) is 12.1 Å². The molecule has 0 aliphatic heterocycles. The molecule has 0 saturated carbocycles. The predicted octanol–water partition coefficient (Wildman–Crippen LogP) is 2.02. The molecule has 1 rings (SSSR count). The number of aliphatic hydroxyl groups is 1. The van der Waals surface area contributed by atoms with Crippen LogP contribution in [0.4, 0.5) is 8.78 Å². The fourth-order valence-electron chi connectivity index (χ4n) is 1.61. The minimum Gasteiger partial charge on any atom is -0.479 e. The summed E-state index contributed by atoms with van der Waals surface area (Å²) in [5.74, 6) is -1.83. The second-order valence-electron chi connectivity index (χ2n) is 3.61. The van der Waals surface area contributed by atoms with Crippen molar-refractivity contribution in [2.45, 2.75) is 26.6 Å². The summed E-state index contributed by atoms with van der Waals surface area (Å²) in [6.07, 6.45) is -1.88. The number of halogens is 2. The van der Waals surface area contributed by atoms with Crippen LogP contribution in [0.1, 0.15) is 22.8 Å². The Balaban J connectivity index is 3.29. The van der Waals surface area contributed by atoms with E-state index in [-0.39, 0.29) is 11.3 Å². The van der Waals surface area contributed by atoms with Crippen molar-refractivity contribution < 1.29 is 28.5 Å². The van der Waals surface area contributed by atoms with E-state index in [4.69, 9.17) is 5.11 Å². The van der Waals surface area contributed by atoms with Crippen LogP contribution in [0.2, 0.25) is 0 Å². The quantitative estimate of drug-likeness (QED) is 0.852. The molecule has 0 aliphatic rings. The molecule has 0 spiro atoms. The third-order valence-electron chi connectivity index (χ3n) is 2.22. The SMILES string of the molecule is Cc1cc(C)c(C(O)C(=O)O)c(OC(F)F)c1. The Morgan fingerprint density at radius 3 is 2.41 bits per heavy atom. The molecular formula is C11H12F2O4. The van der Waals surface area contributed by atoms with Crippen molar-refractivity contribution in [3.05, 3.63) is 28.8 Å². The monoisotopic (exact) mass is 246 g/mol. The number of aliphatic carboxylic acids is 1. The molecule has 0 fully saturated rings. The van der Waals surface area contributed by atoms with Crippen molar-refractivity contribution in [3.8, 4) is 5.75 Å². The fourth-order valence-corrected chi connectivity index (χ4v) is 1.61. The Morgan fingerprint density at radius 1 is 1.35 bits per heavy atom. The number of aliphatic hydroxyl groups excluding tert-OH is 1. The van der Waals surface area contributed by atoms with E-state index >= 15 is 0 Å². The number of carboxylic acids is 1. The summed E-state index contributed by atoms with van der Waals surface area (Å²) in [6, 6.07) is 2.85. The normalized spacial score (nSPS) is 12.6. The second-order valence-corrected chi connectivity index (χ2v) is 3.61. The Bertz CT molecular complexity index is 432. The Labute approximate surface area is 96.5 Å². The summed E-state index contributed by atoms with van der Waals surface area (Å²) in [5, 5.41) is 18.1. The van der Waals surface area contributed by atoms with Gasteiger partial charge in [-0.15, -0.1) is 0 Å². The summed E-state index contributed by atoms with van der Waals surface area (Å²) in [7, 11) is 0. The van der Waals surface area contributed by atoms with Gasteiger partial charge in [0.2, 0.25) is 0 Å². The van der Waals surface area contributed by atoms with Crippen LogP contribution in [-0.4, -0.2) is 22.8 Å². The van der Waals surface area contributed by atoms with E-state index in [1.165, 1.54) is 13.0 Å². The number of benzene rings is 1. The van der Waals surface area contributed by atoms with E-state index in [9.17, 15) is 18.7 Å². The summed E-state index contributed by atoms with van der Waals surface area (Å²) in [6.45, 7) is 0.102. The molecule has 1 unspecified atom stereocenters. The highest BCUT2D eigenvalue weighted by Crippen LogP contribution is 2.31. The van der Waals surface area contributed by atoms with Crippen molar-refractivity contribution in [3.63, 3.8) is 0 Å². The largest absolute Gasteiger partial charge is 0.479 e. The second kappa shape index (κ2) is 5.09. The highest BCUT2D eigenvalue weighted by molar-refractivity contribution is 5.76. The van der Waals surface area contributed by atoms with Crippen molar-refractivity contribution in [1.82, 2.24) is 0 Å². The average Bonchev–Trinajstić information content (AvgIpc) is 2.14. The molecule has 0 saturated heterocycles. The predicted molar refractivity (Wildman–Crippen MR) is 55.1 cm³/mol. The lowest BCUT2D eigenvalue weighted by Gasteiger charge is -2.16. The molecule has 0 bridgehead atoms. The zero-order valence-corrected chi connectivity index (χ0v) is 9.28. The van der Waals surface area contributed by atoms with Crippen molar-refractivity contribution in [2.24, 2.45) is 0 Å². The van der Waals surface area contributed by atoms with Crippen LogP contribution in [0.5, 0.6) is 5.75 Å². The molecule has 0 radical (unpaired) electrons. The lowest BCUT2D eigenvalue weighted by Crippen LogP contribution is -2.15. The Hall–Kier alpha value is -1.69. The van der Waals surface area contributed by atoms with Gasteiger partial charge in [0.1, 0.15) is 5.75 Å². The van der Waals surface area contributed by atoms with E-state index in [0.717, 1.165) is 0 Å². The third kappa shape index (κ3) is 3.13. The lowest BCUT2D eigenvalue weighted by atomic mass is 9.99. The molecule has 6 heteroatoms. The van der Waals surface area contributed by atoms with Gasteiger partial charge in [-0.25, -0.2) is 4.79 Å². The summed E-state index contributed by atoms with van der Waals surface area (Å²) in [5.41, 5.74) is 0.874. The van der Waals surface area contributed by atoms with E-state index in [1.54, 1.807) is 13.0 Å². The minimum absolute atomic E-state index is 0.150. The maximum absolute atomic E-state index is 12.2. The zero-order valence-electron chi connectivity index (χ0n) is 9.28. The van der Waals surface area contributed by atoms with Crippen LogP contribution in [0, 0.1) is 13.8 Å². The number of ether oxygens (including phenoxy) is 1. The number of carboxylic acid groups (broad SMARTS) is 1. The molecule has 0 aliphatic carbocycles. The maximum Gasteiger partial charge on any atom is 0.387 e. The summed E-state index contributed by atoms with van der Waals surface area (Å²) >= 11 is 0. The smallest absolute Gasteiger partial charge is 0.387 e. The molecule has 0 heterocycles. The summed E-state index contributed by atoms with van der Waals surface area (Å²) < 4.78 is 28.6. The van der Waals surface area contributed by atoms with Crippen molar-refractivity contribution in [2.75, 3.05) is 0 Å². The van der Waals surface area contributed by atoms with E-state index < -0.39 is 18.7 Å². The average molecular weight is 246 g/mol. The molecule has 4 nitrogen and oxygen atoms in total. The molecule has 1 atom stereocenters. The van der Waals surface area contributed by atoms with Gasteiger partial charge < -0.3 is 14.9 Å². The first kappa shape index (κ1) is 13.4.